The van der Waals surface area contributed by atoms with Gasteiger partial charge in [0.2, 0.25) is 5.71 Å². The maximum absolute atomic E-state index is 12.5. The molecule has 21 heavy (non-hydrogen) atoms. The number of fused-ring (bicyclic) bond motifs is 1. The van der Waals surface area contributed by atoms with Crippen molar-refractivity contribution >= 4 is 22.8 Å². The van der Waals surface area contributed by atoms with Crippen molar-refractivity contribution in [3.05, 3.63) is 17.7 Å². The van der Waals surface area contributed by atoms with Crippen LogP contribution in [0.5, 0.6) is 0 Å². The number of carbonyl (C=O) groups excluding carboxylic acids is 1. The Kier molecular flexibility index (Phi) is 2.52. The first-order chi connectivity index (χ1) is 10.1. The minimum Gasteiger partial charge on any atom is -0.442 e. The molecule has 0 radical (unpaired) electrons. The summed E-state index contributed by atoms with van der Waals surface area (Å²) in [6.07, 6.45) is 5.81. The van der Waals surface area contributed by atoms with Crippen molar-refractivity contribution in [3.8, 4) is 0 Å². The first kappa shape index (κ1) is 12.6. The molecule has 6 heteroatoms. The van der Waals surface area contributed by atoms with Crippen molar-refractivity contribution in [3.63, 3.8) is 0 Å². The molecule has 2 aliphatic rings. The summed E-state index contributed by atoms with van der Waals surface area (Å²) in [7, 11) is 0. The molecule has 0 spiro atoms. The van der Waals surface area contributed by atoms with Gasteiger partial charge in [-0.2, -0.15) is 0 Å². The fourth-order valence-corrected chi connectivity index (χ4v) is 2.50. The predicted molar refractivity (Wildman–Crippen MR) is 78.3 cm³/mol. The maximum atomic E-state index is 12.5. The molecule has 2 aliphatic carbocycles. The van der Waals surface area contributed by atoms with Gasteiger partial charge in [-0.1, -0.05) is 0 Å². The summed E-state index contributed by atoms with van der Waals surface area (Å²) in [5, 5.41) is 7.13. The summed E-state index contributed by atoms with van der Waals surface area (Å²) in [6.45, 7) is 3.95. The second-order valence-corrected chi connectivity index (χ2v) is 6.37. The standard InChI is InChI=1S/C15H18N4O2/c1-8-10(13(20)18-9-3-4-9)11-12(19-15(2)5-6-15)16-7-17-14(11)21-8/h7,9H,3-6H2,1-2H3,(H,18,20)(H,16,17,19). The van der Waals surface area contributed by atoms with E-state index in [1.54, 1.807) is 6.92 Å². The van der Waals surface area contributed by atoms with Gasteiger partial charge in [0.05, 0.1) is 10.9 Å². The summed E-state index contributed by atoms with van der Waals surface area (Å²) in [4.78, 5) is 20.9. The molecular formula is C15H18N4O2. The third-order valence-corrected chi connectivity index (χ3v) is 4.22. The highest BCUT2D eigenvalue weighted by molar-refractivity contribution is 6.10. The minimum atomic E-state index is -0.0902. The van der Waals surface area contributed by atoms with Gasteiger partial charge in [0, 0.05) is 11.6 Å². The topological polar surface area (TPSA) is 80.1 Å². The van der Waals surface area contributed by atoms with Gasteiger partial charge in [-0.25, -0.2) is 9.97 Å². The molecule has 2 N–H and O–H groups in total. The van der Waals surface area contributed by atoms with Gasteiger partial charge < -0.3 is 15.1 Å². The zero-order chi connectivity index (χ0) is 14.6. The second kappa shape index (κ2) is 4.19. The molecule has 2 aromatic heterocycles. The van der Waals surface area contributed by atoms with Crippen molar-refractivity contribution in [2.45, 2.75) is 51.1 Å². The van der Waals surface area contributed by atoms with Crippen LogP contribution >= 0.6 is 0 Å². The van der Waals surface area contributed by atoms with Crippen molar-refractivity contribution in [1.29, 1.82) is 0 Å². The number of hydrogen-bond acceptors (Lipinski definition) is 5. The van der Waals surface area contributed by atoms with Crippen LogP contribution in [0, 0.1) is 6.92 Å². The van der Waals surface area contributed by atoms with E-state index in [-0.39, 0.29) is 11.4 Å². The van der Waals surface area contributed by atoms with E-state index in [0.717, 1.165) is 25.7 Å². The number of carbonyl (C=O) groups is 1. The van der Waals surface area contributed by atoms with Crippen LogP contribution in [0.15, 0.2) is 10.7 Å². The van der Waals surface area contributed by atoms with E-state index in [4.69, 9.17) is 4.42 Å². The van der Waals surface area contributed by atoms with E-state index in [2.05, 4.69) is 27.5 Å². The molecule has 110 valence electrons. The van der Waals surface area contributed by atoms with Crippen LogP contribution in [0.3, 0.4) is 0 Å². The minimum absolute atomic E-state index is 0.0801. The molecule has 0 saturated heterocycles. The molecular weight excluding hydrogens is 268 g/mol. The summed E-state index contributed by atoms with van der Waals surface area (Å²) < 4.78 is 5.65. The molecule has 0 atom stereocenters. The van der Waals surface area contributed by atoms with Gasteiger partial charge in [0.15, 0.2) is 0 Å². The van der Waals surface area contributed by atoms with Gasteiger partial charge in [-0.15, -0.1) is 0 Å². The first-order valence-corrected chi connectivity index (χ1v) is 7.39. The lowest BCUT2D eigenvalue weighted by Gasteiger charge is -2.13. The number of anilines is 1. The number of rotatable bonds is 4. The molecule has 0 aliphatic heterocycles. The third-order valence-electron chi connectivity index (χ3n) is 4.22. The van der Waals surface area contributed by atoms with Gasteiger partial charge in [-0.3, -0.25) is 4.79 Å². The summed E-state index contributed by atoms with van der Waals surface area (Å²) >= 11 is 0. The van der Waals surface area contributed by atoms with E-state index in [1.165, 1.54) is 6.33 Å². The van der Waals surface area contributed by atoms with Crippen molar-refractivity contribution in [2.75, 3.05) is 5.32 Å². The fourth-order valence-electron chi connectivity index (χ4n) is 2.50. The Balaban J connectivity index is 1.80. The normalized spacial score (nSPS) is 19.5. The highest BCUT2D eigenvalue weighted by atomic mass is 16.3. The van der Waals surface area contributed by atoms with Crippen LogP contribution in [-0.4, -0.2) is 27.5 Å². The van der Waals surface area contributed by atoms with E-state index in [1.807, 2.05) is 0 Å². The molecule has 2 aromatic rings. The van der Waals surface area contributed by atoms with Gasteiger partial charge >= 0.3 is 0 Å². The van der Waals surface area contributed by atoms with Crippen LogP contribution in [0.25, 0.3) is 11.1 Å². The van der Waals surface area contributed by atoms with Crippen LogP contribution < -0.4 is 10.6 Å². The monoisotopic (exact) mass is 286 g/mol. The zero-order valence-electron chi connectivity index (χ0n) is 12.2. The Bertz CT molecular complexity index is 729. The molecule has 4 rings (SSSR count). The summed E-state index contributed by atoms with van der Waals surface area (Å²) in [5.74, 6) is 1.19. The van der Waals surface area contributed by atoms with E-state index in [0.29, 0.717) is 34.3 Å². The Morgan fingerprint density at radius 3 is 2.81 bits per heavy atom. The number of aryl methyl sites for hydroxylation is 1. The Labute approximate surface area is 122 Å². The van der Waals surface area contributed by atoms with Gasteiger partial charge in [0.1, 0.15) is 17.9 Å². The molecule has 0 aromatic carbocycles. The van der Waals surface area contributed by atoms with Crippen molar-refractivity contribution < 1.29 is 9.21 Å². The van der Waals surface area contributed by atoms with Crippen LogP contribution in [0.1, 0.15) is 48.7 Å². The van der Waals surface area contributed by atoms with E-state index >= 15 is 0 Å². The number of nitrogens with one attached hydrogen (secondary N) is 2. The number of aromatic nitrogens is 2. The number of amides is 1. The van der Waals surface area contributed by atoms with Crippen molar-refractivity contribution in [2.24, 2.45) is 0 Å². The highest BCUT2D eigenvalue weighted by Gasteiger charge is 2.38. The first-order valence-electron chi connectivity index (χ1n) is 7.39. The molecule has 6 nitrogen and oxygen atoms in total. The molecule has 0 bridgehead atoms. The fraction of sp³-hybridized carbons (Fsp3) is 0.533. The van der Waals surface area contributed by atoms with Crippen LogP contribution in [0.4, 0.5) is 5.82 Å². The molecule has 0 unspecified atom stereocenters. The molecule has 2 fully saturated rings. The molecule has 2 saturated carbocycles. The van der Waals surface area contributed by atoms with Gasteiger partial charge in [0.25, 0.3) is 5.91 Å². The maximum Gasteiger partial charge on any atom is 0.255 e. The summed E-state index contributed by atoms with van der Waals surface area (Å²) in [6, 6.07) is 0.309. The smallest absolute Gasteiger partial charge is 0.255 e. The summed E-state index contributed by atoms with van der Waals surface area (Å²) in [5.41, 5.74) is 1.11. The average molecular weight is 286 g/mol. The lowest BCUT2D eigenvalue weighted by atomic mass is 10.1. The van der Waals surface area contributed by atoms with Gasteiger partial charge in [-0.05, 0) is 39.5 Å². The second-order valence-electron chi connectivity index (χ2n) is 6.37. The third kappa shape index (κ3) is 2.24. The Morgan fingerprint density at radius 2 is 2.14 bits per heavy atom. The SMILES string of the molecule is Cc1oc2ncnc(NC3(C)CC3)c2c1C(=O)NC1CC1. The van der Waals surface area contributed by atoms with Crippen molar-refractivity contribution in [1.82, 2.24) is 15.3 Å². The largest absolute Gasteiger partial charge is 0.442 e. The number of furan rings is 1. The Hall–Kier alpha value is -2.11. The average Bonchev–Trinajstić information content (AvgIpc) is 3.33. The number of nitrogens with zero attached hydrogens (tertiary/aromatic N) is 2. The van der Waals surface area contributed by atoms with E-state index in [9.17, 15) is 4.79 Å². The lowest BCUT2D eigenvalue weighted by molar-refractivity contribution is 0.0951. The van der Waals surface area contributed by atoms with Crippen LogP contribution in [-0.2, 0) is 0 Å². The predicted octanol–water partition coefficient (Wildman–Crippen LogP) is 2.39. The Morgan fingerprint density at radius 1 is 1.38 bits per heavy atom. The number of hydrogen-bond donors (Lipinski definition) is 2. The van der Waals surface area contributed by atoms with E-state index < -0.39 is 0 Å². The quantitative estimate of drug-likeness (QED) is 0.902. The highest BCUT2D eigenvalue weighted by Crippen LogP contribution is 2.40. The molecule has 2 heterocycles. The molecule has 1 amide bonds. The lowest BCUT2D eigenvalue weighted by Crippen LogP contribution is -2.26. The van der Waals surface area contributed by atoms with Crippen LogP contribution in [0.2, 0.25) is 0 Å². The zero-order valence-corrected chi connectivity index (χ0v) is 12.2.